The predicted molar refractivity (Wildman–Crippen MR) is 117 cm³/mol. The molecule has 0 bridgehead atoms. The van der Waals surface area contributed by atoms with Gasteiger partial charge in [0.2, 0.25) is 5.91 Å². The van der Waals surface area contributed by atoms with Crippen LogP contribution < -0.4 is 14.9 Å². The number of nitrogens with one attached hydrogen (secondary N) is 1. The Kier molecular flexibility index (Phi) is 5.32. The summed E-state index contributed by atoms with van der Waals surface area (Å²) in [6.45, 7) is -0.350. The maximum absolute atomic E-state index is 12.9. The quantitative estimate of drug-likeness (QED) is 0.435. The van der Waals surface area contributed by atoms with Gasteiger partial charge < -0.3 is 10.1 Å². The molecule has 1 aromatic heterocycles. The van der Waals surface area contributed by atoms with Gasteiger partial charge in [-0.05, 0) is 24.3 Å². The zero-order valence-electron chi connectivity index (χ0n) is 16.7. The van der Waals surface area contributed by atoms with Crippen LogP contribution in [0.2, 0.25) is 0 Å². The number of anilines is 1. The van der Waals surface area contributed by atoms with Crippen molar-refractivity contribution in [1.82, 2.24) is 4.57 Å². The summed E-state index contributed by atoms with van der Waals surface area (Å²) in [5.74, 6) is -0.922. The van der Waals surface area contributed by atoms with Crippen LogP contribution in [0.15, 0.2) is 58.4 Å². The lowest BCUT2D eigenvalue weighted by Crippen LogP contribution is -2.36. The van der Waals surface area contributed by atoms with Crippen molar-refractivity contribution in [2.45, 2.75) is 23.7 Å². The summed E-state index contributed by atoms with van der Waals surface area (Å²) in [5, 5.41) is 3.02. The summed E-state index contributed by atoms with van der Waals surface area (Å²) in [7, 11) is 0. The molecule has 1 N–H and O–H groups in total. The Hall–Kier alpha value is -3.05. The monoisotopic (exact) mass is 492 g/mol. The minimum atomic E-state index is -4.53. The number of para-hydroxylation sites is 1. The van der Waals surface area contributed by atoms with Gasteiger partial charge in [0.1, 0.15) is 12.3 Å². The lowest BCUT2D eigenvalue weighted by atomic mass is 9.83. The minimum Gasteiger partial charge on any atom is -0.426 e. The second kappa shape index (κ2) is 8.07. The molecule has 0 aliphatic carbocycles. The fourth-order valence-electron chi connectivity index (χ4n) is 4.03. The second-order valence-electron chi connectivity index (χ2n) is 7.60. The number of halogens is 3. The van der Waals surface area contributed by atoms with Crippen LogP contribution in [0, 0.1) is 5.92 Å². The van der Waals surface area contributed by atoms with Crippen LogP contribution >= 0.6 is 23.1 Å². The van der Waals surface area contributed by atoms with Crippen LogP contribution in [-0.4, -0.2) is 22.2 Å². The zero-order valence-corrected chi connectivity index (χ0v) is 18.4. The SMILES string of the molecule is O=C(Cn1c2c(sc1=O)C1c3ccccc3OC(=O)C1CS2)Nc1cccc(C(F)(F)F)c1. The van der Waals surface area contributed by atoms with Crippen molar-refractivity contribution in [1.29, 1.82) is 0 Å². The summed E-state index contributed by atoms with van der Waals surface area (Å²) in [6.07, 6.45) is -4.53. The van der Waals surface area contributed by atoms with E-state index in [9.17, 15) is 27.6 Å². The largest absolute Gasteiger partial charge is 0.426 e. The Morgan fingerprint density at radius 2 is 1.94 bits per heavy atom. The third-order valence-corrected chi connectivity index (χ3v) is 7.93. The first-order valence-corrected chi connectivity index (χ1v) is 11.7. The molecule has 2 atom stereocenters. The van der Waals surface area contributed by atoms with Crippen molar-refractivity contribution in [2.75, 3.05) is 11.1 Å². The van der Waals surface area contributed by atoms with Gasteiger partial charge in [-0.1, -0.05) is 35.6 Å². The summed E-state index contributed by atoms with van der Waals surface area (Å²) >= 11 is 2.27. The van der Waals surface area contributed by atoms with Crippen molar-refractivity contribution < 1.29 is 27.5 Å². The highest BCUT2D eigenvalue weighted by Gasteiger charge is 2.44. The molecule has 0 radical (unpaired) electrons. The molecule has 2 unspecified atom stereocenters. The average molecular weight is 493 g/mol. The van der Waals surface area contributed by atoms with E-state index in [2.05, 4.69) is 5.32 Å². The maximum atomic E-state index is 12.9. The number of thiazole rings is 1. The zero-order chi connectivity index (χ0) is 23.3. The number of thioether (sulfide) groups is 1. The van der Waals surface area contributed by atoms with Gasteiger partial charge in [-0.25, -0.2) is 0 Å². The third kappa shape index (κ3) is 3.95. The first kappa shape index (κ1) is 21.8. The summed E-state index contributed by atoms with van der Waals surface area (Å²) < 4.78 is 45.5. The van der Waals surface area contributed by atoms with Gasteiger partial charge in [-0.15, -0.1) is 11.8 Å². The van der Waals surface area contributed by atoms with Crippen molar-refractivity contribution in [2.24, 2.45) is 5.92 Å². The van der Waals surface area contributed by atoms with E-state index in [-0.39, 0.29) is 29.0 Å². The molecule has 0 spiro atoms. The van der Waals surface area contributed by atoms with Gasteiger partial charge in [0, 0.05) is 27.8 Å². The molecule has 2 aliphatic heterocycles. The minimum absolute atomic E-state index is 0.0105. The Bertz CT molecular complexity index is 1330. The Balaban J connectivity index is 1.43. The number of alkyl halides is 3. The molecule has 6 nitrogen and oxygen atoms in total. The second-order valence-corrected chi connectivity index (χ2v) is 9.61. The molecule has 170 valence electrons. The Labute approximate surface area is 193 Å². The summed E-state index contributed by atoms with van der Waals surface area (Å²) in [5.41, 5.74) is -0.0797. The van der Waals surface area contributed by atoms with Crippen molar-refractivity contribution in [3.8, 4) is 5.75 Å². The molecule has 3 aromatic rings. The molecule has 0 fully saturated rings. The molecule has 3 heterocycles. The molecule has 33 heavy (non-hydrogen) atoms. The van der Waals surface area contributed by atoms with Crippen molar-refractivity contribution >= 4 is 40.7 Å². The lowest BCUT2D eigenvalue weighted by molar-refractivity contribution is -0.140. The van der Waals surface area contributed by atoms with E-state index in [0.717, 1.165) is 29.0 Å². The molecule has 5 rings (SSSR count). The number of carbonyl (C=O) groups excluding carboxylic acids is 2. The Morgan fingerprint density at radius 1 is 1.15 bits per heavy atom. The van der Waals surface area contributed by atoms with Crippen LogP contribution in [-0.2, 0) is 22.3 Å². The number of aromatic nitrogens is 1. The van der Waals surface area contributed by atoms with Crippen LogP contribution in [0.3, 0.4) is 0 Å². The van der Waals surface area contributed by atoms with Gasteiger partial charge in [0.15, 0.2) is 0 Å². The number of ether oxygens (including phenoxy) is 1. The number of benzene rings is 2. The molecule has 11 heteroatoms. The van der Waals surface area contributed by atoms with Crippen LogP contribution in [0.1, 0.15) is 21.9 Å². The fourth-order valence-corrected chi connectivity index (χ4v) is 6.70. The Morgan fingerprint density at radius 3 is 2.73 bits per heavy atom. The van der Waals surface area contributed by atoms with Crippen LogP contribution in [0.5, 0.6) is 5.75 Å². The molecule has 0 saturated carbocycles. The summed E-state index contributed by atoms with van der Waals surface area (Å²) in [6, 6.07) is 11.5. The maximum Gasteiger partial charge on any atom is 0.416 e. The highest BCUT2D eigenvalue weighted by Crippen LogP contribution is 2.50. The smallest absolute Gasteiger partial charge is 0.416 e. The van der Waals surface area contributed by atoms with Gasteiger partial charge in [0.05, 0.1) is 16.5 Å². The van der Waals surface area contributed by atoms with Gasteiger partial charge in [-0.2, -0.15) is 13.2 Å². The van der Waals surface area contributed by atoms with Crippen molar-refractivity contribution in [3.63, 3.8) is 0 Å². The number of carbonyl (C=O) groups is 2. The first-order valence-electron chi connectivity index (χ1n) is 9.86. The van der Waals surface area contributed by atoms with Crippen LogP contribution in [0.4, 0.5) is 18.9 Å². The number of rotatable bonds is 3. The molecule has 2 aromatic carbocycles. The third-order valence-electron chi connectivity index (χ3n) is 5.50. The number of hydrogen-bond donors (Lipinski definition) is 1. The van der Waals surface area contributed by atoms with Crippen molar-refractivity contribution in [3.05, 3.63) is 74.2 Å². The predicted octanol–water partition coefficient (Wildman–Crippen LogP) is 4.34. The standard InChI is InChI=1S/C22H15F3N2O4S2/c23-22(24,25)11-4-3-5-12(8-11)26-16(28)9-27-19-18(33-21(27)30)17-13-6-1-2-7-15(13)31-20(29)14(17)10-32-19/h1-8,14,17H,9-10H2,(H,26,28). The first-order chi connectivity index (χ1) is 15.7. The number of hydrogen-bond acceptors (Lipinski definition) is 6. The summed E-state index contributed by atoms with van der Waals surface area (Å²) in [4.78, 5) is 38.2. The number of amides is 1. The van der Waals surface area contributed by atoms with Gasteiger partial charge in [-0.3, -0.25) is 19.0 Å². The molecule has 1 amide bonds. The van der Waals surface area contributed by atoms with E-state index in [0.29, 0.717) is 21.4 Å². The normalized spacial score (nSPS) is 19.2. The molecular weight excluding hydrogens is 477 g/mol. The van der Waals surface area contributed by atoms with E-state index >= 15 is 0 Å². The van der Waals surface area contributed by atoms with E-state index in [1.54, 1.807) is 12.1 Å². The molecule has 2 aliphatic rings. The van der Waals surface area contributed by atoms with Gasteiger partial charge >= 0.3 is 17.0 Å². The van der Waals surface area contributed by atoms with E-state index in [4.69, 9.17) is 4.74 Å². The van der Waals surface area contributed by atoms with E-state index < -0.39 is 23.6 Å². The van der Waals surface area contributed by atoms with Crippen LogP contribution in [0.25, 0.3) is 0 Å². The topological polar surface area (TPSA) is 77.4 Å². The number of fused-ring (bicyclic) bond motifs is 5. The highest BCUT2D eigenvalue weighted by atomic mass is 32.2. The molecular formula is C22H15F3N2O4S2. The van der Waals surface area contributed by atoms with E-state index in [1.165, 1.54) is 28.5 Å². The number of esters is 1. The molecule has 0 saturated heterocycles. The average Bonchev–Trinajstić information content (AvgIpc) is 3.08. The fraction of sp³-hybridized carbons (Fsp3) is 0.227. The highest BCUT2D eigenvalue weighted by molar-refractivity contribution is 7.99. The van der Waals surface area contributed by atoms with Gasteiger partial charge in [0.25, 0.3) is 0 Å². The van der Waals surface area contributed by atoms with E-state index in [1.807, 2.05) is 12.1 Å². The lowest BCUT2D eigenvalue weighted by Gasteiger charge is -2.34. The number of nitrogens with zero attached hydrogens (tertiary/aromatic N) is 1.